The summed E-state index contributed by atoms with van der Waals surface area (Å²) in [7, 11) is 0. The van der Waals surface area contributed by atoms with E-state index in [1.54, 1.807) is 6.07 Å². The normalized spacial score (nSPS) is 22.0. The Hall–Kier alpha value is -0.930. The van der Waals surface area contributed by atoms with Crippen LogP contribution >= 0.6 is 0 Å². The highest BCUT2D eigenvalue weighted by molar-refractivity contribution is 5.31. The summed E-state index contributed by atoms with van der Waals surface area (Å²) in [5, 5.41) is 0. The predicted octanol–water partition coefficient (Wildman–Crippen LogP) is 1.36. The largest absolute Gasteiger partial charge is 0.375 e. The summed E-state index contributed by atoms with van der Waals surface area (Å²) in [5.74, 6) is -0.230. The van der Waals surface area contributed by atoms with Gasteiger partial charge in [0, 0.05) is 0 Å². The molecule has 2 nitrogen and oxygen atoms in total. The summed E-state index contributed by atoms with van der Waals surface area (Å²) in [4.78, 5) is 0. The number of benzene rings is 1. The molecule has 1 aromatic rings. The van der Waals surface area contributed by atoms with E-state index in [9.17, 15) is 4.39 Å². The predicted molar refractivity (Wildman–Crippen MR) is 43.0 cm³/mol. The summed E-state index contributed by atoms with van der Waals surface area (Å²) in [6.07, 6.45) is 0. The van der Waals surface area contributed by atoms with Crippen molar-refractivity contribution in [1.29, 1.82) is 0 Å². The molecule has 0 saturated heterocycles. The Balaban J connectivity index is 2.47. The van der Waals surface area contributed by atoms with Gasteiger partial charge in [0.15, 0.2) is 0 Å². The molecule has 0 fully saturated rings. The summed E-state index contributed by atoms with van der Waals surface area (Å²) in [6, 6.07) is 4.47. The Bertz CT molecular complexity index is 301. The zero-order valence-corrected chi connectivity index (χ0v) is 6.59. The lowest BCUT2D eigenvalue weighted by atomic mass is 10.00. The minimum atomic E-state index is -0.230. The molecule has 2 rings (SSSR count). The van der Waals surface area contributed by atoms with Crippen molar-refractivity contribution in [3.8, 4) is 0 Å². The molecule has 1 unspecified atom stereocenters. The van der Waals surface area contributed by atoms with Crippen LogP contribution in [0.2, 0.25) is 0 Å². The molecule has 3 heteroatoms. The molecule has 64 valence electrons. The van der Waals surface area contributed by atoms with E-state index >= 15 is 0 Å². The smallest absolute Gasteiger partial charge is 0.123 e. The first-order valence-corrected chi connectivity index (χ1v) is 3.89. The summed E-state index contributed by atoms with van der Waals surface area (Å²) >= 11 is 0. The van der Waals surface area contributed by atoms with Gasteiger partial charge < -0.3 is 10.5 Å². The van der Waals surface area contributed by atoms with Crippen molar-refractivity contribution in [3.05, 3.63) is 35.1 Å². The molecular weight excluding hydrogens is 157 g/mol. The standard InChI is InChI=1S/C9H10FNO/c10-7-2-1-6-4-12-5-9(11)8(6)3-7/h1-3,9H,4-5,11H2. The first-order valence-electron chi connectivity index (χ1n) is 3.89. The maximum atomic E-state index is 12.8. The number of hydrogen-bond donors (Lipinski definition) is 1. The molecule has 0 aliphatic carbocycles. The molecular formula is C9H10FNO. The van der Waals surface area contributed by atoms with Crippen molar-refractivity contribution in [3.63, 3.8) is 0 Å². The first-order chi connectivity index (χ1) is 5.77. The van der Waals surface area contributed by atoms with Crippen molar-refractivity contribution >= 4 is 0 Å². The molecule has 0 bridgehead atoms. The fourth-order valence-electron chi connectivity index (χ4n) is 1.43. The Morgan fingerprint density at radius 2 is 2.33 bits per heavy atom. The highest BCUT2D eigenvalue weighted by Gasteiger charge is 2.17. The lowest BCUT2D eigenvalue weighted by Crippen LogP contribution is -2.23. The van der Waals surface area contributed by atoms with Crippen LogP contribution in [0.5, 0.6) is 0 Å². The van der Waals surface area contributed by atoms with Crippen LogP contribution in [0.1, 0.15) is 17.2 Å². The lowest BCUT2D eigenvalue weighted by Gasteiger charge is -2.22. The van der Waals surface area contributed by atoms with E-state index in [2.05, 4.69) is 0 Å². The Morgan fingerprint density at radius 3 is 3.17 bits per heavy atom. The third-order valence-electron chi connectivity index (χ3n) is 2.06. The van der Waals surface area contributed by atoms with Gasteiger partial charge in [-0.1, -0.05) is 6.07 Å². The Labute approximate surface area is 70.1 Å². The van der Waals surface area contributed by atoms with Gasteiger partial charge >= 0.3 is 0 Å². The second-order valence-corrected chi connectivity index (χ2v) is 2.96. The molecule has 0 amide bonds. The van der Waals surface area contributed by atoms with Gasteiger partial charge in [-0.3, -0.25) is 0 Å². The van der Waals surface area contributed by atoms with Crippen LogP contribution in [0.15, 0.2) is 18.2 Å². The van der Waals surface area contributed by atoms with Crippen LogP contribution in [-0.4, -0.2) is 6.61 Å². The van der Waals surface area contributed by atoms with Gasteiger partial charge in [-0.25, -0.2) is 4.39 Å². The molecule has 1 heterocycles. The second-order valence-electron chi connectivity index (χ2n) is 2.96. The molecule has 0 radical (unpaired) electrons. The van der Waals surface area contributed by atoms with Crippen LogP contribution in [0.3, 0.4) is 0 Å². The maximum absolute atomic E-state index is 12.8. The molecule has 0 spiro atoms. The second kappa shape index (κ2) is 2.84. The van der Waals surface area contributed by atoms with E-state index in [0.717, 1.165) is 11.1 Å². The van der Waals surface area contributed by atoms with Crippen LogP contribution in [0.25, 0.3) is 0 Å². The van der Waals surface area contributed by atoms with Crippen molar-refractivity contribution < 1.29 is 9.13 Å². The van der Waals surface area contributed by atoms with Gasteiger partial charge in [0.25, 0.3) is 0 Å². The molecule has 1 atom stereocenters. The Morgan fingerprint density at radius 1 is 1.50 bits per heavy atom. The van der Waals surface area contributed by atoms with E-state index in [0.29, 0.717) is 13.2 Å². The van der Waals surface area contributed by atoms with Gasteiger partial charge in [-0.15, -0.1) is 0 Å². The monoisotopic (exact) mass is 167 g/mol. The molecule has 0 saturated carbocycles. The van der Waals surface area contributed by atoms with E-state index in [4.69, 9.17) is 10.5 Å². The van der Waals surface area contributed by atoms with Gasteiger partial charge in [0.2, 0.25) is 0 Å². The average Bonchev–Trinajstić information content (AvgIpc) is 2.07. The summed E-state index contributed by atoms with van der Waals surface area (Å²) < 4.78 is 18.0. The zero-order chi connectivity index (χ0) is 8.55. The van der Waals surface area contributed by atoms with Gasteiger partial charge in [-0.05, 0) is 23.3 Å². The molecule has 0 aromatic heterocycles. The number of rotatable bonds is 0. The van der Waals surface area contributed by atoms with Gasteiger partial charge in [-0.2, -0.15) is 0 Å². The quantitative estimate of drug-likeness (QED) is 0.633. The fourth-order valence-corrected chi connectivity index (χ4v) is 1.43. The topological polar surface area (TPSA) is 35.2 Å². The number of fused-ring (bicyclic) bond motifs is 1. The van der Waals surface area contributed by atoms with Crippen molar-refractivity contribution in [1.82, 2.24) is 0 Å². The molecule has 1 aliphatic rings. The third-order valence-corrected chi connectivity index (χ3v) is 2.06. The SMILES string of the molecule is NC1COCc2ccc(F)cc21. The number of ether oxygens (including phenoxy) is 1. The van der Waals surface area contributed by atoms with E-state index in [1.165, 1.54) is 12.1 Å². The minimum Gasteiger partial charge on any atom is -0.375 e. The zero-order valence-electron chi connectivity index (χ0n) is 6.59. The van der Waals surface area contributed by atoms with Crippen molar-refractivity contribution in [2.75, 3.05) is 6.61 Å². The van der Waals surface area contributed by atoms with Crippen LogP contribution in [0.4, 0.5) is 4.39 Å². The van der Waals surface area contributed by atoms with Crippen LogP contribution in [0, 0.1) is 5.82 Å². The minimum absolute atomic E-state index is 0.176. The lowest BCUT2D eigenvalue weighted by molar-refractivity contribution is 0.0922. The highest BCUT2D eigenvalue weighted by atomic mass is 19.1. The maximum Gasteiger partial charge on any atom is 0.123 e. The Kier molecular flexibility index (Phi) is 1.83. The van der Waals surface area contributed by atoms with Crippen molar-refractivity contribution in [2.24, 2.45) is 5.73 Å². The summed E-state index contributed by atoms with van der Waals surface area (Å²) in [6.45, 7) is 1.03. The van der Waals surface area contributed by atoms with Crippen molar-refractivity contribution in [2.45, 2.75) is 12.6 Å². The number of nitrogens with two attached hydrogens (primary N) is 1. The van der Waals surface area contributed by atoms with Crippen LogP contribution in [-0.2, 0) is 11.3 Å². The molecule has 1 aromatic carbocycles. The fraction of sp³-hybridized carbons (Fsp3) is 0.333. The van der Waals surface area contributed by atoms with E-state index in [-0.39, 0.29) is 11.9 Å². The van der Waals surface area contributed by atoms with E-state index in [1.807, 2.05) is 0 Å². The van der Waals surface area contributed by atoms with Gasteiger partial charge in [0.05, 0.1) is 19.3 Å². The third kappa shape index (κ3) is 1.21. The first kappa shape index (κ1) is 7.71. The highest BCUT2D eigenvalue weighted by Crippen LogP contribution is 2.23. The molecule has 2 N–H and O–H groups in total. The number of halogens is 1. The van der Waals surface area contributed by atoms with E-state index < -0.39 is 0 Å². The van der Waals surface area contributed by atoms with Gasteiger partial charge in [0.1, 0.15) is 5.82 Å². The molecule has 1 aliphatic heterocycles. The number of hydrogen-bond acceptors (Lipinski definition) is 2. The van der Waals surface area contributed by atoms with Crippen LogP contribution < -0.4 is 5.73 Å². The summed E-state index contributed by atoms with van der Waals surface area (Å²) in [5.41, 5.74) is 7.60. The average molecular weight is 167 g/mol. The molecule has 12 heavy (non-hydrogen) atoms.